The molecule has 1 unspecified atom stereocenters. The molecule has 0 aromatic heterocycles. The van der Waals surface area contributed by atoms with Crippen molar-refractivity contribution < 1.29 is 9.59 Å². The fourth-order valence-electron chi connectivity index (χ4n) is 1.29. The molecule has 0 spiro atoms. The number of carbonyl (C=O) groups is 2. The minimum absolute atomic E-state index is 0.0944. The molecule has 0 bridgehead atoms. The Morgan fingerprint density at radius 1 is 1.62 bits per heavy atom. The molecular formula is C9H14N2O2. The van der Waals surface area contributed by atoms with Crippen molar-refractivity contribution in [2.75, 3.05) is 0 Å². The Morgan fingerprint density at radius 2 is 2.23 bits per heavy atom. The van der Waals surface area contributed by atoms with E-state index in [1.165, 1.54) is 6.08 Å². The number of hydrogen-bond donors (Lipinski definition) is 2. The van der Waals surface area contributed by atoms with Crippen molar-refractivity contribution in [1.82, 2.24) is 5.32 Å². The van der Waals surface area contributed by atoms with Crippen molar-refractivity contribution >= 4 is 11.8 Å². The van der Waals surface area contributed by atoms with Crippen LogP contribution in [0.1, 0.15) is 19.3 Å². The van der Waals surface area contributed by atoms with Gasteiger partial charge < -0.3 is 11.1 Å². The molecule has 1 fully saturated rings. The quantitative estimate of drug-likeness (QED) is 0.585. The summed E-state index contributed by atoms with van der Waals surface area (Å²) in [6, 6.07) is -0.0944. The smallest absolute Gasteiger partial charge is 0.243 e. The Kier molecular flexibility index (Phi) is 3.06. The third kappa shape index (κ3) is 3.27. The Morgan fingerprint density at radius 3 is 2.62 bits per heavy atom. The zero-order chi connectivity index (χ0) is 9.84. The van der Waals surface area contributed by atoms with E-state index in [-0.39, 0.29) is 24.3 Å². The van der Waals surface area contributed by atoms with Gasteiger partial charge in [0, 0.05) is 12.5 Å². The topological polar surface area (TPSA) is 72.2 Å². The lowest BCUT2D eigenvalue weighted by Gasteiger charge is -2.14. The summed E-state index contributed by atoms with van der Waals surface area (Å²) in [5.41, 5.74) is 5.06. The first-order valence-electron chi connectivity index (χ1n) is 4.34. The third-order valence-electron chi connectivity index (χ3n) is 2.13. The van der Waals surface area contributed by atoms with Gasteiger partial charge in [-0.1, -0.05) is 6.58 Å². The fraction of sp³-hybridized carbons (Fsp3) is 0.556. The molecule has 1 saturated carbocycles. The number of nitrogens with one attached hydrogen (secondary N) is 1. The van der Waals surface area contributed by atoms with Crippen LogP contribution in [-0.4, -0.2) is 17.9 Å². The first kappa shape index (κ1) is 9.77. The number of amides is 2. The van der Waals surface area contributed by atoms with Crippen LogP contribution in [0.2, 0.25) is 0 Å². The summed E-state index contributed by atoms with van der Waals surface area (Å²) in [4.78, 5) is 21.6. The molecule has 1 atom stereocenters. The van der Waals surface area contributed by atoms with Crippen LogP contribution in [-0.2, 0) is 9.59 Å². The highest BCUT2D eigenvalue weighted by Crippen LogP contribution is 2.33. The summed E-state index contributed by atoms with van der Waals surface area (Å²) in [6.07, 6.45) is 3.56. The van der Waals surface area contributed by atoms with E-state index in [4.69, 9.17) is 5.73 Å². The van der Waals surface area contributed by atoms with E-state index in [0.29, 0.717) is 5.92 Å². The molecule has 0 aliphatic heterocycles. The fourth-order valence-corrected chi connectivity index (χ4v) is 1.29. The van der Waals surface area contributed by atoms with E-state index >= 15 is 0 Å². The molecule has 72 valence electrons. The van der Waals surface area contributed by atoms with Gasteiger partial charge in [-0.3, -0.25) is 9.59 Å². The van der Waals surface area contributed by atoms with Crippen LogP contribution in [0.15, 0.2) is 12.7 Å². The van der Waals surface area contributed by atoms with Crippen molar-refractivity contribution in [1.29, 1.82) is 0 Å². The Hall–Kier alpha value is -1.32. The van der Waals surface area contributed by atoms with Gasteiger partial charge in [-0.25, -0.2) is 0 Å². The molecule has 4 nitrogen and oxygen atoms in total. The van der Waals surface area contributed by atoms with Gasteiger partial charge in [-0.15, -0.1) is 0 Å². The van der Waals surface area contributed by atoms with E-state index in [9.17, 15) is 9.59 Å². The van der Waals surface area contributed by atoms with Gasteiger partial charge in [0.1, 0.15) is 0 Å². The molecule has 13 heavy (non-hydrogen) atoms. The summed E-state index contributed by atoms with van der Waals surface area (Å²) in [7, 11) is 0. The maximum Gasteiger partial charge on any atom is 0.243 e. The lowest BCUT2D eigenvalue weighted by Crippen LogP contribution is -2.38. The monoisotopic (exact) mass is 182 g/mol. The van der Waals surface area contributed by atoms with Crippen LogP contribution < -0.4 is 11.1 Å². The minimum Gasteiger partial charge on any atom is -0.370 e. The summed E-state index contributed by atoms with van der Waals surface area (Å²) >= 11 is 0. The summed E-state index contributed by atoms with van der Waals surface area (Å²) in [5, 5.41) is 2.70. The van der Waals surface area contributed by atoms with Crippen LogP contribution in [0.5, 0.6) is 0 Å². The molecule has 4 heteroatoms. The lowest BCUT2D eigenvalue weighted by atomic mass is 10.1. The average molecular weight is 182 g/mol. The minimum atomic E-state index is -0.374. The van der Waals surface area contributed by atoms with Crippen LogP contribution in [0.3, 0.4) is 0 Å². The number of carbonyl (C=O) groups excluding carboxylic acids is 2. The predicted octanol–water partition coefficient (Wildman–Crippen LogP) is -0.0574. The zero-order valence-corrected chi connectivity index (χ0v) is 7.45. The number of primary amides is 1. The number of hydrogen-bond acceptors (Lipinski definition) is 2. The van der Waals surface area contributed by atoms with Crippen LogP contribution in [0.4, 0.5) is 0 Å². The van der Waals surface area contributed by atoms with E-state index in [2.05, 4.69) is 11.9 Å². The van der Waals surface area contributed by atoms with Crippen molar-refractivity contribution in [3.05, 3.63) is 12.7 Å². The lowest BCUT2D eigenvalue weighted by molar-refractivity contribution is -0.119. The molecule has 1 rings (SSSR count). The largest absolute Gasteiger partial charge is 0.370 e. The molecule has 1 aliphatic carbocycles. The SMILES string of the molecule is C=CC(=O)NC(CC(N)=O)C1CC1. The predicted molar refractivity (Wildman–Crippen MR) is 48.7 cm³/mol. The van der Waals surface area contributed by atoms with Crippen LogP contribution >= 0.6 is 0 Å². The first-order valence-corrected chi connectivity index (χ1v) is 4.34. The molecule has 0 saturated heterocycles. The molecule has 0 heterocycles. The van der Waals surface area contributed by atoms with E-state index < -0.39 is 0 Å². The van der Waals surface area contributed by atoms with Crippen LogP contribution in [0, 0.1) is 5.92 Å². The maximum absolute atomic E-state index is 11.0. The summed E-state index contributed by atoms with van der Waals surface area (Å²) in [6.45, 7) is 3.34. The normalized spacial score (nSPS) is 17.5. The average Bonchev–Trinajstić information content (AvgIpc) is 2.84. The molecule has 0 aromatic carbocycles. The van der Waals surface area contributed by atoms with Crippen molar-refractivity contribution in [2.24, 2.45) is 11.7 Å². The standard InChI is InChI=1S/C9H14N2O2/c1-2-9(13)11-7(5-8(10)12)6-3-4-6/h2,6-7H,1,3-5H2,(H2,10,12)(H,11,13). The Bertz CT molecular complexity index is 234. The maximum atomic E-state index is 11.0. The molecular weight excluding hydrogens is 168 g/mol. The molecule has 3 N–H and O–H groups in total. The molecule has 0 aromatic rings. The highest BCUT2D eigenvalue weighted by atomic mass is 16.2. The highest BCUT2D eigenvalue weighted by Gasteiger charge is 2.32. The number of rotatable bonds is 5. The second kappa shape index (κ2) is 4.07. The van der Waals surface area contributed by atoms with Gasteiger partial charge >= 0.3 is 0 Å². The van der Waals surface area contributed by atoms with Gasteiger partial charge in [0.25, 0.3) is 0 Å². The zero-order valence-electron chi connectivity index (χ0n) is 7.45. The van der Waals surface area contributed by atoms with Gasteiger partial charge in [-0.2, -0.15) is 0 Å². The van der Waals surface area contributed by atoms with Crippen LogP contribution in [0.25, 0.3) is 0 Å². The number of nitrogens with two attached hydrogens (primary N) is 1. The van der Waals surface area contributed by atoms with Crippen molar-refractivity contribution in [3.63, 3.8) is 0 Å². The van der Waals surface area contributed by atoms with Gasteiger partial charge in [0.05, 0.1) is 0 Å². The van der Waals surface area contributed by atoms with E-state index in [1.54, 1.807) is 0 Å². The van der Waals surface area contributed by atoms with Gasteiger partial charge in [0.15, 0.2) is 0 Å². The summed E-state index contributed by atoms with van der Waals surface area (Å²) < 4.78 is 0. The molecule has 2 amide bonds. The van der Waals surface area contributed by atoms with Crippen molar-refractivity contribution in [3.8, 4) is 0 Å². The molecule has 0 radical (unpaired) electrons. The second-order valence-electron chi connectivity index (χ2n) is 3.33. The van der Waals surface area contributed by atoms with E-state index in [0.717, 1.165) is 12.8 Å². The highest BCUT2D eigenvalue weighted by molar-refractivity contribution is 5.87. The van der Waals surface area contributed by atoms with E-state index in [1.807, 2.05) is 0 Å². The molecule has 1 aliphatic rings. The van der Waals surface area contributed by atoms with Crippen molar-refractivity contribution in [2.45, 2.75) is 25.3 Å². The third-order valence-corrected chi connectivity index (χ3v) is 2.13. The Balaban J connectivity index is 2.42. The summed E-state index contributed by atoms with van der Waals surface area (Å²) in [5.74, 6) is -0.184. The Labute approximate surface area is 77.2 Å². The first-order chi connectivity index (χ1) is 6.13. The second-order valence-corrected chi connectivity index (χ2v) is 3.33. The van der Waals surface area contributed by atoms with Gasteiger partial charge in [-0.05, 0) is 24.8 Å². The van der Waals surface area contributed by atoms with Gasteiger partial charge in [0.2, 0.25) is 11.8 Å².